The Morgan fingerprint density at radius 3 is 2.78 bits per heavy atom. The number of nitrogens with two attached hydrogens (primary N) is 1. The van der Waals surface area contributed by atoms with Crippen molar-refractivity contribution in [2.75, 3.05) is 6.54 Å². The normalized spacial score (nSPS) is 20.5. The molecule has 0 saturated carbocycles. The first-order valence-electron chi connectivity index (χ1n) is 6.98. The second kappa shape index (κ2) is 5.32. The lowest BCUT2D eigenvalue weighted by Crippen LogP contribution is -2.55. The Balaban J connectivity index is 2.18. The summed E-state index contributed by atoms with van der Waals surface area (Å²) in [5, 5.41) is 2.22. The quantitative estimate of drug-likeness (QED) is 0.910. The zero-order valence-electron chi connectivity index (χ0n) is 12.1. The molecule has 2 N–H and O–H groups in total. The molecule has 1 aromatic heterocycles. The Morgan fingerprint density at radius 2 is 2.17 bits per heavy atom. The summed E-state index contributed by atoms with van der Waals surface area (Å²) in [7, 11) is 0. The zero-order chi connectivity index (χ0) is 13.3. The van der Waals surface area contributed by atoms with Gasteiger partial charge >= 0.3 is 0 Å². The Hall–Kier alpha value is -0.380. The second-order valence-electron chi connectivity index (χ2n) is 6.47. The molecule has 102 valence electrons. The molecule has 1 aliphatic rings. The molecule has 0 saturated heterocycles. The predicted molar refractivity (Wildman–Crippen MR) is 79.9 cm³/mol. The van der Waals surface area contributed by atoms with Crippen LogP contribution in [-0.2, 0) is 13.0 Å². The summed E-state index contributed by atoms with van der Waals surface area (Å²) in [4.78, 5) is 4.17. The number of nitrogens with zero attached hydrogens (tertiary/aromatic N) is 1. The summed E-state index contributed by atoms with van der Waals surface area (Å²) in [6.45, 7) is 11.4. The molecular formula is C15H26N2S. The minimum absolute atomic E-state index is 0.239. The number of thiophene rings is 1. The van der Waals surface area contributed by atoms with Gasteiger partial charge < -0.3 is 5.73 Å². The standard InChI is InChI=1S/C15H26N2S/c1-5-12(16)14(15(2,3)4)17-8-6-13-11(10-17)7-9-18-13/h7,9,12,14H,5-6,8,10,16H2,1-4H3. The van der Waals surface area contributed by atoms with E-state index in [1.165, 1.54) is 12.0 Å². The molecular weight excluding hydrogens is 240 g/mol. The van der Waals surface area contributed by atoms with E-state index in [0.717, 1.165) is 19.5 Å². The van der Waals surface area contributed by atoms with Crippen LogP contribution < -0.4 is 5.73 Å². The maximum absolute atomic E-state index is 6.39. The monoisotopic (exact) mass is 266 g/mol. The van der Waals surface area contributed by atoms with Crippen molar-refractivity contribution in [1.82, 2.24) is 4.90 Å². The molecule has 18 heavy (non-hydrogen) atoms. The third kappa shape index (κ3) is 2.79. The fourth-order valence-electron chi connectivity index (χ4n) is 3.19. The van der Waals surface area contributed by atoms with Crippen LogP contribution in [0.3, 0.4) is 0 Å². The second-order valence-corrected chi connectivity index (χ2v) is 7.47. The lowest BCUT2D eigenvalue weighted by atomic mass is 9.80. The van der Waals surface area contributed by atoms with Crippen LogP contribution in [0.1, 0.15) is 44.6 Å². The number of rotatable bonds is 3. The van der Waals surface area contributed by atoms with E-state index in [2.05, 4.69) is 44.0 Å². The minimum atomic E-state index is 0.239. The molecule has 0 fully saturated rings. The summed E-state index contributed by atoms with van der Waals surface area (Å²) in [6, 6.07) is 3.02. The van der Waals surface area contributed by atoms with Gasteiger partial charge in [-0.25, -0.2) is 0 Å². The van der Waals surface area contributed by atoms with Gasteiger partial charge in [0.1, 0.15) is 0 Å². The van der Waals surface area contributed by atoms with Gasteiger partial charge in [-0.05, 0) is 35.3 Å². The Labute approximate surface area is 115 Å². The van der Waals surface area contributed by atoms with Crippen molar-refractivity contribution in [1.29, 1.82) is 0 Å². The molecule has 1 aromatic rings. The average Bonchev–Trinajstić information content (AvgIpc) is 2.74. The first kappa shape index (κ1) is 14.0. The molecule has 0 spiro atoms. The third-order valence-corrected chi connectivity index (χ3v) is 5.02. The lowest BCUT2D eigenvalue weighted by molar-refractivity contribution is 0.0655. The third-order valence-electron chi connectivity index (χ3n) is 3.99. The molecule has 0 aliphatic carbocycles. The first-order chi connectivity index (χ1) is 8.43. The van der Waals surface area contributed by atoms with Crippen LogP contribution in [0.2, 0.25) is 0 Å². The van der Waals surface area contributed by atoms with Gasteiger partial charge in [0, 0.05) is 30.1 Å². The minimum Gasteiger partial charge on any atom is -0.326 e. The van der Waals surface area contributed by atoms with Crippen LogP contribution >= 0.6 is 11.3 Å². The molecule has 3 heteroatoms. The number of hydrogen-bond donors (Lipinski definition) is 1. The highest BCUT2D eigenvalue weighted by Gasteiger charge is 2.35. The molecule has 2 rings (SSSR count). The highest BCUT2D eigenvalue weighted by atomic mass is 32.1. The average molecular weight is 266 g/mol. The maximum atomic E-state index is 6.39. The van der Waals surface area contributed by atoms with E-state index in [1.54, 1.807) is 4.88 Å². The summed E-state index contributed by atoms with van der Waals surface area (Å²) < 4.78 is 0. The van der Waals surface area contributed by atoms with Crippen molar-refractivity contribution in [2.45, 2.75) is 59.2 Å². The van der Waals surface area contributed by atoms with Gasteiger partial charge in [0.25, 0.3) is 0 Å². The van der Waals surface area contributed by atoms with Gasteiger partial charge in [0.2, 0.25) is 0 Å². The molecule has 0 bridgehead atoms. The van der Waals surface area contributed by atoms with Crippen LogP contribution in [0.15, 0.2) is 11.4 Å². The summed E-state index contributed by atoms with van der Waals surface area (Å²) in [5.74, 6) is 0. The van der Waals surface area contributed by atoms with Gasteiger partial charge in [-0.3, -0.25) is 4.90 Å². The van der Waals surface area contributed by atoms with Crippen LogP contribution in [-0.4, -0.2) is 23.5 Å². The highest BCUT2D eigenvalue weighted by Crippen LogP contribution is 2.32. The van der Waals surface area contributed by atoms with E-state index < -0.39 is 0 Å². The molecule has 0 radical (unpaired) electrons. The van der Waals surface area contributed by atoms with Gasteiger partial charge in [-0.15, -0.1) is 11.3 Å². The van der Waals surface area contributed by atoms with Crippen molar-refractivity contribution in [2.24, 2.45) is 11.1 Å². The van der Waals surface area contributed by atoms with Crippen LogP contribution in [0.5, 0.6) is 0 Å². The molecule has 0 aromatic carbocycles. The number of fused-ring (bicyclic) bond motifs is 1. The van der Waals surface area contributed by atoms with Crippen molar-refractivity contribution < 1.29 is 0 Å². The van der Waals surface area contributed by atoms with E-state index in [1.807, 2.05) is 11.3 Å². The SMILES string of the molecule is CCC(N)C(N1CCc2sccc2C1)C(C)(C)C. The molecule has 2 heterocycles. The fourth-order valence-corrected chi connectivity index (χ4v) is 4.08. The van der Waals surface area contributed by atoms with Crippen LogP contribution in [0.4, 0.5) is 0 Å². The van der Waals surface area contributed by atoms with Gasteiger partial charge in [0.15, 0.2) is 0 Å². The van der Waals surface area contributed by atoms with Crippen LogP contribution in [0.25, 0.3) is 0 Å². The fraction of sp³-hybridized carbons (Fsp3) is 0.733. The van der Waals surface area contributed by atoms with E-state index >= 15 is 0 Å². The molecule has 0 amide bonds. The molecule has 2 unspecified atom stereocenters. The Bertz CT molecular complexity index is 391. The first-order valence-corrected chi connectivity index (χ1v) is 7.86. The molecule has 2 atom stereocenters. The Kier molecular flexibility index (Phi) is 4.15. The molecule has 1 aliphatic heterocycles. The van der Waals surface area contributed by atoms with Crippen molar-refractivity contribution in [3.05, 3.63) is 21.9 Å². The predicted octanol–water partition coefficient (Wildman–Crippen LogP) is 3.26. The van der Waals surface area contributed by atoms with Gasteiger partial charge in [0.05, 0.1) is 0 Å². The van der Waals surface area contributed by atoms with E-state index in [0.29, 0.717) is 6.04 Å². The summed E-state index contributed by atoms with van der Waals surface area (Å²) in [6.07, 6.45) is 2.24. The summed E-state index contributed by atoms with van der Waals surface area (Å²) >= 11 is 1.90. The number of hydrogen-bond acceptors (Lipinski definition) is 3. The lowest BCUT2D eigenvalue weighted by Gasteiger charge is -2.45. The van der Waals surface area contributed by atoms with E-state index in [4.69, 9.17) is 5.73 Å². The van der Waals surface area contributed by atoms with Crippen molar-refractivity contribution >= 4 is 11.3 Å². The molecule has 2 nitrogen and oxygen atoms in total. The van der Waals surface area contributed by atoms with Gasteiger partial charge in [-0.2, -0.15) is 0 Å². The van der Waals surface area contributed by atoms with Crippen LogP contribution in [0, 0.1) is 5.41 Å². The zero-order valence-corrected chi connectivity index (χ0v) is 12.9. The van der Waals surface area contributed by atoms with E-state index in [-0.39, 0.29) is 11.5 Å². The largest absolute Gasteiger partial charge is 0.326 e. The maximum Gasteiger partial charge on any atom is 0.0299 e. The Morgan fingerprint density at radius 1 is 1.44 bits per heavy atom. The van der Waals surface area contributed by atoms with Gasteiger partial charge in [-0.1, -0.05) is 27.7 Å². The highest BCUT2D eigenvalue weighted by molar-refractivity contribution is 7.10. The van der Waals surface area contributed by atoms with Crippen molar-refractivity contribution in [3.63, 3.8) is 0 Å². The van der Waals surface area contributed by atoms with Crippen molar-refractivity contribution in [3.8, 4) is 0 Å². The topological polar surface area (TPSA) is 29.3 Å². The summed E-state index contributed by atoms with van der Waals surface area (Å²) in [5.41, 5.74) is 8.15. The van der Waals surface area contributed by atoms with E-state index in [9.17, 15) is 0 Å². The smallest absolute Gasteiger partial charge is 0.0299 e.